The number of carboxylic acid groups (broad SMARTS) is 2. The molecule has 1 aliphatic heterocycles. The summed E-state index contributed by atoms with van der Waals surface area (Å²) < 4.78 is 0. The van der Waals surface area contributed by atoms with Crippen LogP contribution in [0.15, 0.2) is 54.6 Å². The van der Waals surface area contributed by atoms with Crippen LogP contribution < -0.4 is 135 Å². The third kappa shape index (κ3) is 45.0. The lowest BCUT2D eigenvalue weighted by Crippen LogP contribution is -2.63. The van der Waals surface area contributed by atoms with Crippen molar-refractivity contribution < 1.29 is 141 Å². The summed E-state index contributed by atoms with van der Waals surface area (Å²) in [6.07, 6.45) is -6.74. The molecule has 57 nitrogen and oxygen atoms in total. The van der Waals surface area contributed by atoms with Crippen molar-refractivity contribution in [2.24, 2.45) is 46.4 Å². The molecule has 0 bridgehead atoms. The predicted molar refractivity (Wildman–Crippen MR) is 530 cm³/mol. The molecule has 0 radical (unpaired) electrons. The number of hydrogen-bond acceptors (Lipinski definition) is 31. The second kappa shape index (κ2) is 64.8. The molecular weight excluding hydrogens is 1960 g/mol. The first-order chi connectivity index (χ1) is 70.0. The Kier molecular flexibility index (Phi) is 55.7. The van der Waals surface area contributed by atoms with Crippen LogP contribution in [0.25, 0.3) is 0 Å². The van der Waals surface area contributed by atoms with Crippen LogP contribution in [-0.2, 0) is 118 Å². The van der Waals surface area contributed by atoms with E-state index in [1.807, 2.05) is 0 Å². The monoisotopic (exact) mass is 2110 g/mol. The van der Waals surface area contributed by atoms with Crippen molar-refractivity contribution >= 4 is 142 Å². The number of benzene rings is 2. The average Bonchev–Trinajstić information content (AvgIpc) is 1.78. The molecule has 2 aromatic rings. The van der Waals surface area contributed by atoms with Gasteiger partial charge in [0.25, 0.3) is 0 Å². The number of carboxylic acids is 2. The van der Waals surface area contributed by atoms with E-state index >= 15 is 0 Å². The lowest BCUT2D eigenvalue weighted by molar-refractivity contribution is -0.145. The fourth-order valence-corrected chi connectivity index (χ4v) is 14.8. The first kappa shape index (κ1) is 128. The molecule has 3 rings (SSSR count). The zero-order valence-electron chi connectivity index (χ0n) is 85.0. The molecule has 23 atom stereocenters. The highest BCUT2D eigenvalue weighted by Gasteiger charge is 2.43. The first-order valence-corrected chi connectivity index (χ1v) is 48.5. The number of nitrogens with two attached hydrogens (primary N) is 5. The maximum atomic E-state index is 14.7. The minimum atomic E-state index is -1.87. The van der Waals surface area contributed by atoms with Crippen molar-refractivity contribution in [3.8, 4) is 5.75 Å². The molecule has 2 aromatic carbocycles. The number of phenols is 1. The number of phenolic OH excluding ortho intramolecular Hbond substituents is 1. The topological polar surface area (TPSA) is 939 Å². The molecular formula is C92H148N28O29. The van der Waals surface area contributed by atoms with Crippen LogP contribution >= 0.6 is 0 Å². The van der Waals surface area contributed by atoms with Gasteiger partial charge in [-0.25, -0.2) is 4.79 Å². The van der Waals surface area contributed by atoms with Gasteiger partial charge in [-0.2, -0.15) is 0 Å². The average molecular weight is 2110 g/mol. The van der Waals surface area contributed by atoms with Crippen molar-refractivity contribution in [2.45, 2.75) is 287 Å². The van der Waals surface area contributed by atoms with Crippen LogP contribution in [-0.4, -0.2) is 356 Å². The van der Waals surface area contributed by atoms with Gasteiger partial charge in [-0.05, 0) is 127 Å². The molecule has 149 heavy (non-hydrogen) atoms. The maximum Gasteiger partial charge on any atom is 0.326 e. The Morgan fingerprint density at radius 2 is 0.765 bits per heavy atom. The summed E-state index contributed by atoms with van der Waals surface area (Å²) in [5.74, 6) is -27.4. The molecule has 1 fully saturated rings. The van der Waals surface area contributed by atoms with Crippen LogP contribution in [0, 0.1) is 28.6 Å². The number of carbonyl (C=O) groups is 22. The van der Waals surface area contributed by atoms with E-state index in [4.69, 9.17) is 39.5 Å². The number of aliphatic carboxylic acids is 2. The Labute approximate surface area is 859 Å². The van der Waals surface area contributed by atoms with Crippen LogP contribution in [0.5, 0.6) is 5.75 Å². The summed E-state index contributed by atoms with van der Waals surface area (Å²) in [5, 5.41) is 135. The molecule has 57 heteroatoms. The summed E-state index contributed by atoms with van der Waals surface area (Å²) in [6.45, 7) is 11.1. The van der Waals surface area contributed by atoms with E-state index in [0.717, 1.165) is 32.6 Å². The van der Waals surface area contributed by atoms with Gasteiger partial charge in [0.15, 0.2) is 11.9 Å². The highest BCUT2D eigenvalue weighted by molar-refractivity contribution is 6.02. The van der Waals surface area contributed by atoms with Crippen molar-refractivity contribution in [2.75, 3.05) is 52.4 Å². The maximum absolute atomic E-state index is 14.7. The molecule has 0 saturated carbocycles. The highest BCUT2D eigenvalue weighted by Crippen LogP contribution is 2.21. The summed E-state index contributed by atoms with van der Waals surface area (Å²) >= 11 is 0. The fourth-order valence-electron chi connectivity index (χ4n) is 14.8. The molecule has 1 heterocycles. The normalized spacial score (nSPS) is 16.5. The molecule has 830 valence electrons. The molecule has 1 saturated heterocycles. The van der Waals surface area contributed by atoms with Gasteiger partial charge in [-0.15, -0.1) is 0 Å². The van der Waals surface area contributed by atoms with Gasteiger partial charge in [-0.3, -0.25) is 112 Å². The summed E-state index contributed by atoms with van der Waals surface area (Å²) in [6, 6.07) is -14.2. The number of carbonyl (C=O) groups excluding carboxylic acids is 20. The highest BCUT2D eigenvalue weighted by atomic mass is 16.4. The fraction of sp³-hybridized carbons (Fsp3) is 0.609. The number of aromatic hydroxyl groups is 1. The van der Waals surface area contributed by atoms with E-state index in [2.05, 4.69) is 106 Å². The number of unbranched alkanes of at least 4 members (excludes halogenated alkanes) is 1. The number of aliphatic hydroxyl groups excluding tert-OH is 4. The largest absolute Gasteiger partial charge is 0.508 e. The summed E-state index contributed by atoms with van der Waals surface area (Å²) in [4.78, 5) is 300. The Morgan fingerprint density at radius 3 is 1.26 bits per heavy atom. The standard InChI is InChI=1S/C92H148N28O29/c1-12-43(4)68(115-89(147)73(50(11)124)119-87(145)69(44(5)13-2)114-83(141)61(42-121)113-78(136)55(23-18-19-31-93)109-79(137)57(30-33-101-92(98)99)110-88(146)72(49(10)123)118-76(134)54(94)37-63(95)126)85(143)104-41-66(129)120-34-20-24-62(120)84(142)102-39-64(127)107-56(29-32-100-91(96)97)77(135)105-46(7)74(132)111-59(35-51-21-16-15-17-22-51)81(139)112-58(36-52-25-27-53(125)28-26-52)80(138)106-47(8)75(133)117-71(48(9)122)86(144)103-40-65(128)108-60(38-67(130)131)82(140)116-70(90(148)149)45(6)14-3/h15-17,21-22,25-28,43-50,54-62,68-73,121-125H,12-14,18-20,23-24,29-42,93-94H2,1-11H3,(H2,95,126)(H,102,142)(H,103,144)(H,104,143)(H,105,135)(H,106,138)(H,107,127)(H,108,128)(H,109,137)(H,110,146)(H,111,132)(H,112,139)(H,113,136)(H,114,141)(H,115,147)(H,116,140)(H,117,133)(H,118,134)(H,119,145)(H,130,131)(H,148,149)(H4,96,97,100)(H4,98,99,101)/t43-,44-,45-,46-,47-,48+,49+,50+,54-,55-,56-,57-,58-,59-,60-,61-,62-,68-,69-,70-,71-,72-,73-/m0/s1. The molecule has 39 N–H and O–H groups in total. The van der Waals surface area contributed by atoms with Gasteiger partial charge in [0.1, 0.15) is 102 Å². The van der Waals surface area contributed by atoms with Crippen LogP contribution in [0.2, 0.25) is 0 Å². The number of guanidine groups is 2. The summed E-state index contributed by atoms with van der Waals surface area (Å²) in [7, 11) is 0. The Bertz CT molecular complexity index is 4940. The Hall–Kier alpha value is -15.1. The number of primary amides is 1. The van der Waals surface area contributed by atoms with Crippen molar-refractivity contribution in [1.29, 1.82) is 10.8 Å². The van der Waals surface area contributed by atoms with E-state index in [0.29, 0.717) is 24.0 Å². The van der Waals surface area contributed by atoms with Crippen LogP contribution in [0.1, 0.15) is 164 Å². The van der Waals surface area contributed by atoms with Crippen molar-refractivity contribution in [3.05, 3.63) is 65.7 Å². The van der Waals surface area contributed by atoms with E-state index in [1.165, 1.54) is 45.0 Å². The third-order valence-electron chi connectivity index (χ3n) is 24.1. The molecule has 0 aliphatic carbocycles. The SMILES string of the molecule is CC[C@H](C)[C@H](NC(=O)[C@H](CC(=O)O)NC(=O)CNC(=O)[C@@H](NC(=O)[C@H](C)NC(=O)[C@H](Cc1ccc(O)cc1)NC(=O)[C@H](Cc1ccccc1)NC(=O)[C@H](C)NC(=O)[C@H](CCNC(=N)N)NC(=O)CNC(=O)[C@@H]1CCCN1C(=O)CNC(=O)[C@@H](NC(=O)[C@@H](NC(=O)[C@@H](NC(=O)[C@H](CO)NC(=O)[C@H](CCCCN)NC(=O)[C@H](CCNC(=N)N)NC(=O)[C@@H](NC(=O)[C@@H](N)CC(N)=O)[C@@H](C)O)[C@@H](C)CC)[C@@H](C)O)[C@@H](C)CC)[C@@H](C)O)C(=O)O. The van der Waals surface area contributed by atoms with Gasteiger partial charge >= 0.3 is 11.9 Å². The molecule has 0 aromatic heterocycles. The van der Waals surface area contributed by atoms with E-state index in [9.17, 15) is 141 Å². The Balaban J connectivity index is 1.78. The first-order valence-electron chi connectivity index (χ1n) is 48.5. The van der Waals surface area contributed by atoms with Crippen LogP contribution in [0.3, 0.4) is 0 Å². The van der Waals surface area contributed by atoms with Gasteiger partial charge < -0.3 is 176 Å². The second-order valence-corrected chi connectivity index (χ2v) is 36.2. The van der Waals surface area contributed by atoms with Gasteiger partial charge in [0.05, 0.1) is 63.4 Å². The van der Waals surface area contributed by atoms with Gasteiger partial charge in [0, 0.05) is 32.5 Å². The number of hydrogen-bond donors (Lipinski definition) is 34. The van der Waals surface area contributed by atoms with Crippen LogP contribution in [0.4, 0.5) is 0 Å². The Morgan fingerprint density at radius 1 is 0.396 bits per heavy atom. The van der Waals surface area contributed by atoms with Gasteiger partial charge in [-0.1, -0.05) is 103 Å². The van der Waals surface area contributed by atoms with E-state index in [-0.39, 0.29) is 96.1 Å². The number of likely N-dealkylation sites (tertiary alicyclic amines) is 1. The predicted octanol–water partition coefficient (Wildman–Crippen LogP) is -12.3. The van der Waals surface area contributed by atoms with Crippen molar-refractivity contribution in [3.63, 3.8) is 0 Å². The number of aliphatic hydroxyl groups is 4. The van der Waals surface area contributed by atoms with Crippen molar-refractivity contribution in [1.82, 2.24) is 111 Å². The quantitative estimate of drug-likeness (QED) is 0.0166. The van der Waals surface area contributed by atoms with Gasteiger partial charge in [0.2, 0.25) is 118 Å². The zero-order valence-corrected chi connectivity index (χ0v) is 85.0. The zero-order chi connectivity index (χ0) is 113. The number of nitrogens with one attached hydrogen (secondary N) is 22. The lowest BCUT2D eigenvalue weighted by Gasteiger charge is -2.31. The molecule has 0 unspecified atom stereocenters. The van der Waals surface area contributed by atoms with E-state index in [1.54, 1.807) is 58.0 Å². The third-order valence-corrected chi connectivity index (χ3v) is 24.1. The molecule has 20 amide bonds. The number of rotatable bonds is 66. The number of nitrogens with zero attached hydrogens (tertiary/aromatic N) is 1. The second-order valence-electron chi connectivity index (χ2n) is 36.2. The smallest absolute Gasteiger partial charge is 0.326 e. The molecule has 0 spiro atoms. The minimum absolute atomic E-state index is 0.0292. The number of amides is 20. The minimum Gasteiger partial charge on any atom is -0.508 e. The van der Waals surface area contributed by atoms with E-state index < -0.39 is 320 Å². The molecule has 1 aliphatic rings. The summed E-state index contributed by atoms with van der Waals surface area (Å²) in [5.41, 5.74) is 28.4. The lowest BCUT2D eigenvalue weighted by atomic mass is 9.96.